The van der Waals surface area contributed by atoms with Gasteiger partial charge in [-0.25, -0.2) is 4.39 Å². The van der Waals surface area contributed by atoms with E-state index < -0.39 is 0 Å². The summed E-state index contributed by atoms with van der Waals surface area (Å²) in [5.74, 6) is 1.10. The summed E-state index contributed by atoms with van der Waals surface area (Å²) < 4.78 is 23.8. The number of benzene rings is 1. The zero-order valence-corrected chi connectivity index (χ0v) is 9.79. The van der Waals surface area contributed by atoms with E-state index in [4.69, 9.17) is 9.15 Å². The lowest BCUT2D eigenvalue weighted by molar-refractivity contribution is 0.414. The molecule has 1 heterocycles. The molecule has 2 rings (SSSR count). The smallest absolute Gasteiger partial charge is 0.146 e. The van der Waals surface area contributed by atoms with Crippen LogP contribution in [0.2, 0.25) is 0 Å². The molecular formula is C13H14FNO2. The second-order valence-corrected chi connectivity index (χ2v) is 3.73. The summed E-state index contributed by atoms with van der Waals surface area (Å²) in [6.07, 6.45) is 1.62. The Morgan fingerprint density at radius 1 is 1.35 bits per heavy atom. The van der Waals surface area contributed by atoms with E-state index in [0.29, 0.717) is 18.0 Å². The van der Waals surface area contributed by atoms with Gasteiger partial charge in [0.25, 0.3) is 0 Å². The second kappa shape index (κ2) is 4.91. The Morgan fingerprint density at radius 3 is 2.82 bits per heavy atom. The van der Waals surface area contributed by atoms with Gasteiger partial charge in [0.05, 0.1) is 25.6 Å². The molecule has 17 heavy (non-hydrogen) atoms. The lowest BCUT2D eigenvalue weighted by Crippen LogP contribution is -2.02. The molecular weight excluding hydrogens is 221 g/mol. The average molecular weight is 235 g/mol. The summed E-state index contributed by atoms with van der Waals surface area (Å²) in [6.45, 7) is 2.39. The van der Waals surface area contributed by atoms with Crippen LogP contribution in [-0.2, 0) is 6.54 Å². The normalized spacial score (nSPS) is 10.3. The monoisotopic (exact) mass is 235 g/mol. The van der Waals surface area contributed by atoms with Crippen molar-refractivity contribution in [3.05, 3.63) is 47.7 Å². The molecule has 0 aliphatic heterocycles. The number of halogens is 1. The van der Waals surface area contributed by atoms with Crippen molar-refractivity contribution in [2.24, 2.45) is 0 Å². The number of ether oxygens (including phenoxy) is 1. The molecule has 0 saturated heterocycles. The molecule has 2 aromatic rings. The van der Waals surface area contributed by atoms with Gasteiger partial charge in [-0.1, -0.05) is 0 Å². The standard InChI is InChI=1S/C13H14FNO2/c1-9-5-6-17-13(9)8-15-12-7-10(16-2)3-4-11(12)14/h3-7,15H,8H2,1-2H3. The van der Waals surface area contributed by atoms with Crippen molar-refractivity contribution >= 4 is 5.69 Å². The molecule has 0 amide bonds. The zero-order chi connectivity index (χ0) is 12.3. The van der Waals surface area contributed by atoms with Crippen LogP contribution in [0.3, 0.4) is 0 Å². The first-order valence-electron chi connectivity index (χ1n) is 5.31. The van der Waals surface area contributed by atoms with Crippen molar-refractivity contribution in [3.63, 3.8) is 0 Å². The maximum absolute atomic E-state index is 13.5. The van der Waals surface area contributed by atoms with Crippen LogP contribution in [-0.4, -0.2) is 7.11 Å². The van der Waals surface area contributed by atoms with Gasteiger partial charge >= 0.3 is 0 Å². The predicted octanol–water partition coefficient (Wildman–Crippen LogP) is 3.35. The first-order valence-corrected chi connectivity index (χ1v) is 5.31. The summed E-state index contributed by atoms with van der Waals surface area (Å²) in [6, 6.07) is 6.45. The van der Waals surface area contributed by atoms with Crippen LogP contribution < -0.4 is 10.1 Å². The van der Waals surface area contributed by atoms with E-state index in [1.165, 1.54) is 6.07 Å². The fourth-order valence-electron chi connectivity index (χ4n) is 1.53. The number of rotatable bonds is 4. The van der Waals surface area contributed by atoms with Crippen LogP contribution in [0.25, 0.3) is 0 Å². The highest BCUT2D eigenvalue weighted by Crippen LogP contribution is 2.22. The summed E-state index contributed by atoms with van der Waals surface area (Å²) in [5, 5.41) is 2.98. The molecule has 0 atom stereocenters. The largest absolute Gasteiger partial charge is 0.497 e. The highest BCUT2D eigenvalue weighted by Gasteiger charge is 2.06. The number of methoxy groups -OCH3 is 1. The van der Waals surface area contributed by atoms with Crippen molar-refractivity contribution in [2.45, 2.75) is 13.5 Å². The molecule has 4 heteroatoms. The fraction of sp³-hybridized carbons (Fsp3) is 0.231. The minimum absolute atomic E-state index is 0.310. The number of hydrogen-bond donors (Lipinski definition) is 1. The fourth-order valence-corrected chi connectivity index (χ4v) is 1.53. The van der Waals surface area contributed by atoms with Gasteiger partial charge in [0, 0.05) is 6.07 Å². The molecule has 1 aromatic heterocycles. The van der Waals surface area contributed by atoms with Crippen LogP contribution in [0.1, 0.15) is 11.3 Å². The van der Waals surface area contributed by atoms with Crippen LogP contribution >= 0.6 is 0 Å². The highest BCUT2D eigenvalue weighted by atomic mass is 19.1. The molecule has 90 valence electrons. The third-order valence-corrected chi connectivity index (χ3v) is 2.58. The predicted molar refractivity (Wildman–Crippen MR) is 63.7 cm³/mol. The van der Waals surface area contributed by atoms with Crippen LogP contribution in [0.5, 0.6) is 5.75 Å². The third kappa shape index (κ3) is 2.58. The second-order valence-electron chi connectivity index (χ2n) is 3.73. The Kier molecular flexibility index (Phi) is 3.32. The van der Waals surface area contributed by atoms with Crippen molar-refractivity contribution in [3.8, 4) is 5.75 Å². The molecule has 1 N–H and O–H groups in total. The Bertz CT molecular complexity index is 508. The molecule has 0 fully saturated rings. The van der Waals surface area contributed by atoms with Gasteiger partial charge in [0.15, 0.2) is 0 Å². The van der Waals surface area contributed by atoms with Crippen LogP contribution in [0.4, 0.5) is 10.1 Å². The summed E-state index contributed by atoms with van der Waals surface area (Å²) in [4.78, 5) is 0. The lowest BCUT2D eigenvalue weighted by Gasteiger charge is -2.08. The van der Waals surface area contributed by atoms with Crippen molar-refractivity contribution in [2.75, 3.05) is 12.4 Å². The highest BCUT2D eigenvalue weighted by molar-refractivity contribution is 5.49. The SMILES string of the molecule is COc1ccc(F)c(NCc2occc2C)c1. The molecule has 0 bridgehead atoms. The van der Waals surface area contributed by atoms with E-state index in [9.17, 15) is 4.39 Å². The van der Waals surface area contributed by atoms with Gasteiger partial charge in [-0.15, -0.1) is 0 Å². The van der Waals surface area contributed by atoms with E-state index in [0.717, 1.165) is 11.3 Å². The quantitative estimate of drug-likeness (QED) is 0.882. The minimum atomic E-state index is -0.310. The van der Waals surface area contributed by atoms with Gasteiger partial charge < -0.3 is 14.5 Å². The number of anilines is 1. The van der Waals surface area contributed by atoms with Crippen molar-refractivity contribution in [1.29, 1.82) is 0 Å². The van der Waals surface area contributed by atoms with E-state index >= 15 is 0 Å². The van der Waals surface area contributed by atoms with E-state index in [2.05, 4.69) is 5.32 Å². The number of aryl methyl sites for hydroxylation is 1. The molecule has 0 spiro atoms. The van der Waals surface area contributed by atoms with Gasteiger partial charge in [0.1, 0.15) is 17.3 Å². The first-order chi connectivity index (χ1) is 8.20. The lowest BCUT2D eigenvalue weighted by atomic mass is 10.2. The van der Waals surface area contributed by atoms with Crippen LogP contribution in [0.15, 0.2) is 34.9 Å². The topological polar surface area (TPSA) is 34.4 Å². The maximum Gasteiger partial charge on any atom is 0.146 e. The molecule has 0 saturated carbocycles. The van der Waals surface area contributed by atoms with Crippen molar-refractivity contribution in [1.82, 2.24) is 0 Å². The van der Waals surface area contributed by atoms with E-state index in [1.54, 1.807) is 25.5 Å². The van der Waals surface area contributed by atoms with E-state index in [1.807, 2.05) is 13.0 Å². The summed E-state index contributed by atoms with van der Waals surface area (Å²) in [7, 11) is 1.55. The third-order valence-electron chi connectivity index (χ3n) is 2.58. The van der Waals surface area contributed by atoms with Gasteiger partial charge in [-0.2, -0.15) is 0 Å². The zero-order valence-electron chi connectivity index (χ0n) is 9.79. The van der Waals surface area contributed by atoms with Gasteiger partial charge in [-0.05, 0) is 30.7 Å². The summed E-state index contributed by atoms with van der Waals surface area (Å²) in [5.41, 5.74) is 1.45. The Morgan fingerprint density at radius 2 is 2.18 bits per heavy atom. The minimum Gasteiger partial charge on any atom is -0.497 e. The van der Waals surface area contributed by atoms with Gasteiger partial charge in [0.2, 0.25) is 0 Å². The molecule has 1 aromatic carbocycles. The number of nitrogens with one attached hydrogen (secondary N) is 1. The molecule has 0 radical (unpaired) electrons. The average Bonchev–Trinajstić information content (AvgIpc) is 2.74. The molecule has 0 aliphatic rings. The molecule has 3 nitrogen and oxygen atoms in total. The molecule has 0 aliphatic carbocycles. The Hall–Kier alpha value is -1.97. The van der Waals surface area contributed by atoms with Crippen LogP contribution in [0, 0.1) is 12.7 Å². The Balaban J connectivity index is 2.11. The number of hydrogen-bond acceptors (Lipinski definition) is 3. The molecule has 0 unspecified atom stereocenters. The van der Waals surface area contributed by atoms with Gasteiger partial charge in [-0.3, -0.25) is 0 Å². The first kappa shape index (κ1) is 11.5. The van der Waals surface area contributed by atoms with Crippen molar-refractivity contribution < 1.29 is 13.5 Å². The summed E-state index contributed by atoms with van der Waals surface area (Å²) >= 11 is 0. The Labute approximate surface area is 99.2 Å². The van der Waals surface area contributed by atoms with E-state index in [-0.39, 0.29) is 5.82 Å². The maximum atomic E-state index is 13.5. The number of furan rings is 1.